The summed E-state index contributed by atoms with van der Waals surface area (Å²) >= 11 is 0. The fourth-order valence-electron chi connectivity index (χ4n) is 3.23. The maximum Gasteiger partial charge on any atom is 0.292 e. The van der Waals surface area contributed by atoms with Gasteiger partial charge in [0.15, 0.2) is 5.69 Å². The van der Waals surface area contributed by atoms with Gasteiger partial charge in [0, 0.05) is 5.39 Å². The smallest absolute Gasteiger partial charge is 0.267 e. The lowest BCUT2D eigenvalue weighted by Gasteiger charge is -2.29. The largest absolute Gasteiger partial charge is 0.292 e. The third-order valence-corrected chi connectivity index (χ3v) is 4.04. The first kappa shape index (κ1) is 16.1. The van der Waals surface area contributed by atoms with E-state index in [4.69, 9.17) is 0 Å². The molecule has 124 valence electrons. The Balaban J connectivity index is 1.89. The van der Waals surface area contributed by atoms with Crippen molar-refractivity contribution in [2.24, 2.45) is 10.5 Å². The Morgan fingerprint density at radius 1 is 1.25 bits per heavy atom. The fourth-order valence-corrected chi connectivity index (χ4v) is 3.23. The van der Waals surface area contributed by atoms with Crippen molar-refractivity contribution in [3.8, 4) is 0 Å². The summed E-state index contributed by atoms with van der Waals surface area (Å²) in [5.41, 5.74) is 4.61. The zero-order valence-electron chi connectivity index (χ0n) is 14.0. The predicted molar refractivity (Wildman–Crippen MR) is 94.0 cm³/mol. The Kier molecular flexibility index (Phi) is 4.05. The molecule has 0 aliphatic heterocycles. The summed E-state index contributed by atoms with van der Waals surface area (Å²) in [4.78, 5) is 24.2. The molecule has 0 radical (unpaired) electrons. The Morgan fingerprint density at radius 3 is 2.67 bits per heavy atom. The van der Waals surface area contributed by atoms with E-state index in [1.807, 2.05) is 6.08 Å². The standard InChI is InChI=1S/C18H20N4O2/c1-11-8-12(10-18(2,3)9-11)19-22-17(24)15-13-6-4-5-7-14(13)16(23)21-20-15/h4-8H,9-10H2,1-3H3,(H,21,23)(H,22,24)/b19-12-. The van der Waals surface area contributed by atoms with Crippen molar-refractivity contribution in [1.29, 1.82) is 0 Å². The first-order chi connectivity index (χ1) is 11.4. The van der Waals surface area contributed by atoms with E-state index in [-0.39, 0.29) is 16.7 Å². The minimum atomic E-state index is -0.440. The molecule has 0 saturated heterocycles. The Labute approximate surface area is 139 Å². The highest BCUT2D eigenvalue weighted by molar-refractivity contribution is 6.05. The molecule has 1 aromatic carbocycles. The van der Waals surface area contributed by atoms with Gasteiger partial charge in [0.05, 0.1) is 11.1 Å². The van der Waals surface area contributed by atoms with Crippen LogP contribution >= 0.6 is 0 Å². The highest BCUT2D eigenvalue weighted by Gasteiger charge is 2.25. The Hall–Kier alpha value is -2.76. The van der Waals surface area contributed by atoms with Crippen molar-refractivity contribution in [3.63, 3.8) is 0 Å². The van der Waals surface area contributed by atoms with Crippen molar-refractivity contribution in [1.82, 2.24) is 15.6 Å². The molecule has 1 amide bonds. The Morgan fingerprint density at radius 2 is 1.96 bits per heavy atom. The minimum absolute atomic E-state index is 0.130. The zero-order valence-corrected chi connectivity index (χ0v) is 14.0. The molecule has 3 rings (SSSR count). The van der Waals surface area contributed by atoms with Crippen LogP contribution in [-0.2, 0) is 0 Å². The maximum atomic E-state index is 12.4. The molecule has 1 heterocycles. The van der Waals surface area contributed by atoms with Crippen LogP contribution in [0.4, 0.5) is 0 Å². The van der Waals surface area contributed by atoms with Gasteiger partial charge >= 0.3 is 0 Å². The van der Waals surface area contributed by atoms with Crippen LogP contribution in [0.1, 0.15) is 44.1 Å². The molecule has 1 aliphatic carbocycles. The van der Waals surface area contributed by atoms with Gasteiger partial charge in [0.2, 0.25) is 0 Å². The minimum Gasteiger partial charge on any atom is -0.267 e. The highest BCUT2D eigenvalue weighted by atomic mass is 16.2. The second-order valence-corrected chi connectivity index (χ2v) is 7.00. The van der Waals surface area contributed by atoms with Crippen LogP contribution in [0.5, 0.6) is 0 Å². The number of carbonyl (C=O) groups is 1. The number of nitrogens with zero attached hydrogens (tertiary/aromatic N) is 2. The monoisotopic (exact) mass is 324 g/mol. The van der Waals surface area contributed by atoms with Crippen LogP contribution < -0.4 is 11.0 Å². The molecule has 0 spiro atoms. The van der Waals surface area contributed by atoms with Gasteiger partial charge in [-0.1, -0.05) is 37.6 Å². The summed E-state index contributed by atoms with van der Waals surface area (Å²) in [6.45, 7) is 6.42. The van der Waals surface area contributed by atoms with Crippen LogP contribution in [0.2, 0.25) is 0 Å². The molecule has 0 saturated carbocycles. The van der Waals surface area contributed by atoms with Gasteiger partial charge in [0.1, 0.15) is 0 Å². The van der Waals surface area contributed by atoms with Crippen LogP contribution in [0, 0.1) is 5.41 Å². The molecule has 24 heavy (non-hydrogen) atoms. The van der Waals surface area contributed by atoms with Crippen LogP contribution in [-0.4, -0.2) is 21.8 Å². The van der Waals surface area contributed by atoms with Gasteiger partial charge in [-0.05, 0) is 37.3 Å². The predicted octanol–water partition coefficient (Wildman–Crippen LogP) is 2.78. The number of aromatic nitrogens is 2. The fraction of sp³-hybridized carbons (Fsp3) is 0.333. The molecule has 1 aromatic heterocycles. The Bertz CT molecular complexity index is 922. The number of H-pyrrole nitrogens is 1. The molecule has 0 atom stereocenters. The van der Waals surface area contributed by atoms with Gasteiger partial charge in [-0.25, -0.2) is 10.5 Å². The van der Waals surface area contributed by atoms with E-state index in [1.165, 1.54) is 5.57 Å². The third kappa shape index (κ3) is 3.27. The number of allylic oxidation sites excluding steroid dienone is 2. The lowest BCUT2D eigenvalue weighted by atomic mass is 9.77. The van der Waals surface area contributed by atoms with E-state index < -0.39 is 5.91 Å². The van der Waals surface area contributed by atoms with E-state index in [0.29, 0.717) is 10.8 Å². The molecular weight excluding hydrogens is 304 g/mol. The summed E-state index contributed by atoms with van der Waals surface area (Å²) in [6, 6.07) is 6.88. The number of rotatable bonds is 2. The van der Waals surface area contributed by atoms with E-state index in [9.17, 15) is 9.59 Å². The summed E-state index contributed by atoms with van der Waals surface area (Å²) < 4.78 is 0. The van der Waals surface area contributed by atoms with Gasteiger partial charge in [0.25, 0.3) is 11.5 Å². The second-order valence-electron chi connectivity index (χ2n) is 7.00. The highest BCUT2D eigenvalue weighted by Crippen LogP contribution is 2.33. The van der Waals surface area contributed by atoms with Crippen molar-refractivity contribution in [2.45, 2.75) is 33.6 Å². The van der Waals surface area contributed by atoms with Gasteiger partial charge in [-0.15, -0.1) is 0 Å². The number of hydrogen-bond donors (Lipinski definition) is 2. The molecule has 6 nitrogen and oxygen atoms in total. The van der Waals surface area contributed by atoms with Gasteiger partial charge in [-0.2, -0.15) is 10.2 Å². The summed E-state index contributed by atoms with van der Waals surface area (Å²) in [5, 5.41) is 11.4. The summed E-state index contributed by atoms with van der Waals surface area (Å²) in [7, 11) is 0. The maximum absolute atomic E-state index is 12.4. The number of amides is 1. The number of hydrazone groups is 1. The number of nitrogens with one attached hydrogen (secondary N) is 2. The molecule has 0 bridgehead atoms. The summed E-state index contributed by atoms with van der Waals surface area (Å²) in [5.74, 6) is -0.440. The van der Waals surface area contributed by atoms with Crippen LogP contribution in [0.3, 0.4) is 0 Å². The number of carbonyl (C=O) groups excluding carboxylic acids is 1. The number of fused-ring (bicyclic) bond motifs is 1. The lowest BCUT2D eigenvalue weighted by Crippen LogP contribution is -2.26. The molecule has 1 aliphatic rings. The van der Waals surface area contributed by atoms with Gasteiger partial charge in [-0.3, -0.25) is 9.59 Å². The van der Waals surface area contributed by atoms with Crippen LogP contribution in [0.25, 0.3) is 10.8 Å². The molecular formula is C18H20N4O2. The first-order valence-electron chi connectivity index (χ1n) is 7.87. The SMILES string of the molecule is CC1=C/C(=N/NC(=O)c2n[nH]c(=O)c3ccccc23)CC(C)(C)C1. The van der Waals surface area contributed by atoms with E-state index in [2.05, 4.69) is 41.5 Å². The van der Waals surface area contributed by atoms with Gasteiger partial charge < -0.3 is 0 Å². The molecule has 0 fully saturated rings. The van der Waals surface area contributed by atoms with Crippen molar-refractivity contribution >= 4 is 22.4 Å². The average molecular weight is 324 g/mol. The zero-order chi connectivity index (χ0) is 17.3. The van der Waals surface area contributed by atoms with Crippen molar-refractivity contribution in [3.05, 3.63) is 52.0 Å². The topological polar surface area (TPSA) is 87.2 Å². The lowest BCUT2D eigenvalue weighted by molar-refractivity contribution is 0.0950. The summed E-state index contributed by atoms with van der Waals surface area (Å²) in [6.07, 6.45) is 3.82. The number of benzene rings is 1. The van der Waals surface area contributed by atoms with E-state index in [1.54, 1.807) is 24.3 Å². The second kappa shape index (κ2) is 6.03. The molecule has 2 N–H and O–H groups in total. The first-order valence-corrected chi connectivity index (χ1v) is 7.87. The third-order valence-electron chi connectivity index (χ3n) is 4.04. The van der Waals surface area contributed by atoms with E-state index in [0.717, 1.165) is 18.6 Å². The van der Waals surface area contributed by atoms with Crippen molar-refractivity contribution < 1.29 is 4.79 Å². The molecule has 0 unspecified atom stereocenters. The van der Waals surface area contributed by atoms with Crippen molar-refractivity contribution in [2.75, 3.05) is 0 Å². The van der Waals surface area contributed by atoms with E-state index >= 15 is 0 Å². The normalized spacial score (nSPS) is 18.5. The molecule has 6 heteroatoms. The molecule has 2 aromatic rings. The quantitative estimate of drug-likeness (QED) is 0.833. The number of aromatic amines is 1. The number of hydrogen-bond acceptors (Lipinski definition) is 4. The van der Waals surface area contributed by atoms with Crippen LogP contribution in [0.15, 0.2) is 45.8 Å². The average Bonchev–Trinajstić information content (AvgIpc) is 2.51.